The molecule has 1 aromatic carbocycles. The largest absolute Gasteiger partial charge is 0.462 e. The van der Waals surface area contributed by atoms with Crippen LogP contribution in [-0.2, 0) is 56.7 Å². The third-order valence-electron chi connectivity index (χ3n) is 7.77. The third kappa shape index (κ3) is 14.6. The van der Waals surface area contributed by atoms with Gasteiger partial charge in [-0.05, 0) is 45.5 Å². The zero-order valence-electron chi connectivity index (χ0n) is 30.6. The van der Waals surface area contributed by atoms with E-state index in [2.05, 4.69) is 30.2 Å². The number of benzene rings is 1. The minimum Gasteiger partial charge on any atom is -0.462 e. The summed E-state index contributed by atoms with van der Waals surface area (Å²) in [4.78, 5) is 70.3. The Labute approximate surface area is 307 Å². The molecule has 20 nitrogen and oxygen atoms in total. The van der Waals surface area contributed by atoms with E-state index >= 15 is 0 Å². The Morgan fingerprint density at radius 3 is 2.25 bits per heavy atom. The van der Waals surface area contributed by atoms with Crippen molar-refractivity contribution < 1.29 is 61.3 Å². The molecular formula is C32H48N7O13P. The zero-order chi connectivity index (χ0) is 39.1. The number of amides is 1. The Hall–Kier alpha value is -4.29. The molecule has 0 aromatic heterocycles. The number of nitrogens with one attached hydrogen (secondary N) is 2. The lowest BCUT2D eigenvalue weighted by Gasteiger charge is -2.44. The number of piperazine rings is 1. The van der Waals surface area contributed by atoms with Gasteiger partial charge < -0.3 is 43.3 Å². The van der Waals surface area contributed by atoms with Gasteiger partial charge >= 0.3 is 31.6 Å². The van der Waals surface area contributed by atoms with E-state index in [-0.39, 0.29) is 12.2 Å². The highest BCUT2D eigenvalue weighted by Gasteiger charge is 2.53. The molecule has 2 unspecified atom stereocenters. The fourth-order valence-corrected chi connectivity index (χ4v) is 6.80. The molecule has 0 spiro atoms. The van der Waals surface area contributed by atoms with E-state index < -0.39 is 93.5 Å². The van der Waals surface area contributed by atoms with Gasteiger partial charge in [0.1, 0.15) is 30.5 Å². The van der Waals surface area contributed by atoms with E-state index in [0.29, 0.717) is 6.54 Å². The fourth-order valence-electron chi connectivity index (χ4n) is 5.30. The van der Waals surface area contributed by atoms with Crippen LogP contribution in [0.2, 0.25) is 0 Å². The first-order chi connectivity index (χ1) is 25.1. The van der Waals surface area contributed by atoms with E-state index in [9.17, 15) is 28.5 Å². The van der Waals surface area contributed by atoms with Gasteiger partial charge in [-0.25, -0.2) is 4.57 Å². The van der Waals surface area contributed by atoms with Crippen LogP contribution in [0.5, 0.6) is 5.75 Å². The summed E-state index contributed by atoms with van der Waals surface area (Å²) in [5, 5.41) is 8.25. The normalized spacial score (nSPS) is 23.7. The van der Waals surface area contributed by atoms with Crippen molar-refractivity contribution in [2.45, 2.75) is 83.8 Å². The molecule has 3 rings (SSSR count). The van der Waals surface area contributed by atoms with Crippen LogP contribution in [0, 0.1) is 0 Å². The number of azide groups is 1. The fraction of sp³-hybridized carbons (Fsp3) is 0.656. The van der Waals surface area contributed by atoms with Crippen LogP contribution in [0.4, 0.5) is 0 Å². The molecule has 21 heteroatoms. The van der Waals surface area contributed by atoms with Crippen molar-refractivity contribution in [2.75, 3.05) is 52.9 Å². The van der Waals surface area contributed by atoms with Gasteiger partial charge in [0.2, 0.25) is 12.2 Å². The first-order valence-electron chi connectivity index (χ1n) is 17.0. The molecule has 2 heterocycles. The number of carbonyl (C=O) groups excluding carboxylic acids is 5. The molecule has 7 atom stereocenters. The monoisotopic (exact) mass is 769 g/mol. The standard InChI is InChI=1S/C32H48N7O13P/c1-20(2)47-31(44)21(3)36-53(45,52-24-10-8-7-9-11-24)46-19-25-29(48-22(4)40)30(49-23(5)41)28(35-26(42)18-34-37-33)32(50-25)51-27(43)12-13-39-16-14-38(6)15-17-39/h7-11,20-21,25,28-30,32H,12-19H2,1-6H3,(H,35,42)(H,36,45)/t21-,25+,28-,29+,30+,32?,53?/m0/s1. The van der Waals surface area contributed by atoms with E-state index in [0.717, 1.165) is 40.0 Å². The second kappa shape index (κ2) is 20.8. The van der Waals surface area contributed by atoms with Crippen molar-refractivity contribution in [2.24, 2.45) is 5.11 Å². The summed E-state index contributed by atoms with van der Waals surface area (Å²) in [5.41, 5.74) is 8.73. The molecule has 0 aliphatic carbocycles. The van der Waals surface area contributed by atoms with Crippen molar-refractivity contribution in [3.63, 3.8) is 0 Å². The van der Waals surface area contributed by atoms with Gasteiger partial charge in [0.25, 0.3) is 0 Å². The van der Waals surface area contributed by atoms with Crippen molar-refractivity contribution in [3.8, 4) is 5.75 Å². The van der Waals surface area contributed by atoms with Gasteiger partial charge in [0.15, 0.2) is 12.2 Å². The minimum absolute atomic E-state index is 0.0792. The number of nitrogens with zero attached hydrogens (tertiary/aromatic N) is 5. The molecule has 0 bridgehead atoms. The average Bonchev–Trinajstić information content (AvgIpc) is 3.08. The molecule has 2 aliphatic heterocycles. The highest BCUT2D eigenvalue weighted by atomic mass is 31.2. The number of hydrogen-bond acceptors (Lipinski definition) is 16. The van der Waals surface area contributed by atoms with Crippen molar-refractivity contribution in [1.29, 1.82) is 0 Å². The summed E-state index contributed by atoms with van der Waals surface area (Å²) in [6.45, 7) is 8.81. The Morgan fingerprint density at radius 2 is 1.64 bits per heavy atom. The summed E-state index contributed by atoms with van der Waals surface area (Å²) in [7, 11) is -2.51. The number of ether oxygens (including phenoxy) is 5. The maximum Gasteiger partial charge on any atom is 0.459 e. The van der Waals surface area contributed by atoms with Gasteiger partial charge in [-0.3, -0.25) is 28.5 Å². The molecule has 0 radical (unpaired) electrons. The molecule has 2 N–H and O–H groups in total. The van der Waals surface area contributed by atoms with Crippen LogP contribution in [0.1, 0.15) is 41.0 Å². The Kier molecular flexibility index (Phi) is 16.9. The van der Waals surface area contributed by atoms with Crippen LogP contribution in [-0.4, -0.2) is 135 Å². The minimum atomic E-state index is -4.51. The van der Waals surface area contributed by atoms with Gasteiger partial charge in [-0.15, -0.1) is 0 Å². The van der Waals surface area contributed by atoms with E-state index in [1.807, 2.05) is 7.05 Å². The maximum absolute atomic E-state index is 14.2. The molecule has 294 valence electrons. The molecule has 1 aromatic rings. The average molecular weight is 770 g/mol. The lowest BCUT2D eigenvalue weighted by molar-refractivity contribution is -0.269. The first-order valence-corrected chi connectivity index (χ1v) is 18.5. The highest BCUT2D eigenvalue weighted by Crippen LogP contribution is 2.46. The van der Waals surface area contributed by atoms with E-state index in [4.69, 9.17) is 38.3 Å². The smallest absolute Gasteiger partial charge is 0.459 e. The molecule has 2 aliphatic rings. The number of hydrogen-bond donors (Lipinski definition) is 2. The topological polar surface area (TPSA) is 246 Å². The van der Waals surface area contributed by atoms with Gasteiger partial charge in [0, 0.05) is 51.5 Å². The van der Waals surface area contributed by atoms with Crippen molar-refractivity contribution >= 4 is 37.5 Å². The molecule has 2 saturated heterocycles. The van der Waals surface area contributed by atoms with Crippen LogP contribution >= 0.6 is 7.75 Å². The molecule has 53 heavy (non-hydrogen) atoms. The SMILES string of the molecule is CC(=O)O[C@H]1[C@H](OC(C)=O)[C@@H](COP(=O)(N[C@@H](C)C(=O)OC(C)C)Oc2ccccc2)OC(OC(=O)CCN2CCN(C)CC2)[C@H]1NC(=O)CN=[N+]=[N-]. The van der Waals surface area contributed by atoms with Gasteiger partial charge in [-0.1, -0.05) is 23.3 Å². The van der Waals surface area contributed by atoms with Crippen LogP contribution < -0.4 is 14.9 Å². The van der Waals surface area contributed by atoms with E-state index in [1.165, 1.54) is 19.1 Å². The number of rotatable bonds is 18. The maximum atomic E-state index is 14.2. The van der Waals surface area contributed by atoms with E-state index in [1.54, 1.807) is 32.0 Å². The predicted octanol–water partition coefficient (Wildman–Crippen LogP) is 1.68. The number of para-hydroxylation sites is 1. The summed E-state index contributed by atoms with van der Waals surface area (Å²) in [6, 6.07) is 5.20. The lowest BCUT2D eigenvalue weighted by atomic mass is 9.96. The second-order valence-electron chi connectivity index (χ2n) is 12.6. The lowest BCUT2D eigenvalue weighted by Crippen LogP contribution is -2.67. The molecule has 0 saturated carbocycles. The second-order valence-corrected chi connectivity index (χ2v) is 14.3. The van der Waals surface area contributed by atoms with Gasteiger partial charge in [0.05, 0.1) is 19.1 Å². The highest BCUT2D eigenvalue weighted by molar-refractivity contribution is 7.52. The summed E-state index contributed by atoms with van der Waals surface area (Å²) < 4.78 is 53.8. The summed E-state index contributed by atoms with van der Waals surface area (Å²) >= 11 is 0. The third-order valence-corrected chi connectivity index (χ3v) is 9.41. The first kappa shape index (κ1) is 43.1. The molecular weight excluding hydrogens is 721 g/mol. The Balaban J connectivity index is 1.96. The van der Waals surface area contributed by atoms with Crippen LogP contribution in [0.3, 0.4) is 0 Å². The van der Waals surface area contributed by atoms with Crippen LogP contribution in [0.15, 0.2) is 35.4 Å². The quantitative estimate of drug-likeness (QED) is 0.0538. The summed E-state index contributed by atoms with van der Waals surface area (Å²) in [5.74, 6) is -4.01. The number of esters is 4. The zero-order valence-corrected chi connectivity index (χ0v) is 31.5. The predicted molar refractivity (Wildman–Crippen MR) is 185 cm³/mol. The molecule has 2 fully saturated rings. The molecule has 1 amide bonds. The Morgan fingerprint density at radius 1 is 1.00 bits per heavy atom. The summed E-state index contributed by atoms with van der Waals surface area (Å²) in [6.07, 6.45) is -6.89. The van der Waals surface area contributed by atoms with Crippen LogP contribution in [0.25, 0.3) is 10.4 Å². The van der Waals surface area contributed by atoms with Gasteiger partial charge in [-0.2, -0.15) is 5.09 Å². The Bertz CT molecular complexity index is 1510. The number of likely N-dealkylation sites (N-methyl/N-ethyl adjacent to an activating group) is 1. The van der Waals surface area contributed by atoms with Crippen molar-refractivity contribution in [3.05, 3.63) is 40.8 Å². The number of carbonyl (C=O) groups is 5. The van der Waals surface area contributed by atoms with Crippen molar-refractivity contribution in [1.82, 2.24) is 20.2 Å².